The molecule has 1 aromatic heterocycles. The molecule has 3 N–H and O–H groups in total. The summed E-state index contributed by atoms with van der Waals surface area (Å²) in [6.07, 6.45) is 1.35. The molecule has 0 radical (unpaired) electrons. The summed E-state index contributed by atoms with van der Waals surface area (Å²) in [4.78, 5) is 14.8. The Kier molecular flexibility index (Phi) is 4.25. The van der Waals surface area contributed by atoms with Gasteiger partial charge in [0, 0.05) is 18.5 Å². The molecule has 5 nitrogen and oxygen atoms in total. The van der Waals surface area contributed by atoms with Crippen molar-refractivity contribution in [2.24, 2.45) is 16.3 Å². The van der Waals surface area contributed by atoms with Crippen LogP contribution in [0.4, 0.5) is 0 Å². The van der Waals surface area contributed by atoms with Gasteiger partial charge in [-0.3, -0.25) is 4.79 Å². The van der Waals surface area contributed by atoms with Crippen LogP contribution in [-0.2, 0) is 0 Å². The van der Waals surface area contributed by atoms with Gasteiger partial charge >= 0.3 is 0 Å². The molecular formula is C13H18ClN3O2S. The molecule has 7 heteroatoms. The maximum Gasteiger partial charge on any atom is 0.265 e. The fourth-order valence-corrected chi connectivity index (χ4v) is 3.54. The number of carbonyl (C=O) groups excluding carboxylic acids is 1. The standard InChI is InChI=1S/C13H18ClN3O2S/c1-8-7-20-10(9(8)14)11(18)17-5-3-13(2,4-6-17)12(15)16-19/h7,19H,3-6H2,1-2H3,(H2,15,16). The number of oxime groups is 1. The Balaban J connectivity index is 2.08. The Morgan fingerprint density at radius 1 is 1.55 bits per heavy atom. The number of nitrogens with zero attached hydrogens (tertiary/aromatic N) is 2. The normalized spacial score (nSPS) is 19.1. The van der Waals surface area contributed by atoms with Gasteiger partial charge in [-0.2, -0.15) is 0 Å². The van der Waals surface area contributed by atoms with Gasteiger partial charge in [-0.25, -0.2) is 0 Å². The van der Waals surface area contributed by atoms with Crippen LogP contribution in [0.5, 0.6) is 0 Å². The van der Waals surface area contributed by atoms with Crippen LogP contribution in [0.3, 0.4) is 0 Å². The highest BCUT2D eigenvalue weighted by atomic mass is 35.5. The highest BCUT2D eigenvalue weighted by molar-refractivity contribution is 7.13. The number of amidine groups is 1. The van der Waals surface area contributed by atoms with Crippen LogP contribution < -0.4 is 5.73 Å². The molecule has 1 fully saturated rings. The van der Waals surface area contributed by atoms with Gasteiger partial charge in [0.05, 0.1) is 5.02 Å². The van der Waals surface area contributed by atoms with Gasteiger partial charge in [-0.15, -0.1) is 11.3 Å². The van der Waals surface area contributed by atoms with Crippen LogP contribution in [-0.4, -0.2) is 34.9 Å². The number of likely N-dealkylation sites (tertiary alicyclic amines) is 1. The molecule has 20 heavy (non-hydrogen) atoms. The average Bonchev–Trinajstić information content (AvgIpc) is 2.78. The van der Waals surface area contributed by atoms with E-state index in [1.54, 1.807) is 4.90 Å². The van der Waals surface area contributed by atoms with Crippen molar-refractivity contribution < 1.29 is 10.0 Å². The maximum absolute atomic E-state index is 12.4. The summed E-state index contributed by atoms with van der Waals surface area (Å²) >= 11 is 7.52. The Labute approximate surface area is 127 Å². The van der Waals surface area contributed by atoms with Crippen molar-refractivity contribution in [3.63, 3.8) is 0 Å². The Morgan fingerprint density at radius 3 is 2.60 bits per heavy atom. The van der Waals surface area contributed by atoms with Crippen molar-refractivity contribution in [3.8, 4) is 0 Å². The van der Waals surface area contributed by atoms with Gasteiger partial charge in [0.1, 0.15) is 10.7 Å². The highest BCUT2D eigenvalue weighted by Gasteiger charge is 2.36. The number of hydrogen-bond donors (Lipinski definition) is 2. The molecule has 1 saturated heterocycles. The first-order chi connectivity index (χ1) is 9.39. The van der Waals surface area contributed by atoms with Crippen molar-refractivity contribution >= 4 is 34.7 Å². The third-order valence-corrected chi connectivity index (χ3v) is 5.66. The second-order valence-corrected chi connectivity index (χ2v) is 6.66. The SMILES string of the molecule is Cc1csc(C(=O)N2CCC(C)(C(N)=NO)CC2)c1Cl. The van der Waals surface area contributed by atoms with Crippen LogP contribution in [0, 0.1) is 12.3 Å². The van der Waals surface area contributed by atoms with Gasteiger partial charge < -0.3 is 15.8 Å². The van der Waals surface area contributed by atoms with Crippen molar-refractivity contribution in [1.29, 1.82) is 0 Å². The average molecular weight is 316 g/mol. The Morgan fingerprint density at radius 2 is 2.15 bits per heavy atom. The largest absolute Gasteiger partial charge is 0.409 e. The Bertz CT molecular complexity index is 548. The first-order valence-corrected chi connectivity index (χ1v) is 7.65. The van der Waals surface area contributed by atoms with E-state index in [2.05, 4.69) is 5.16 Å². The molecule has 2 rings (SSSR count). The molecule has 2 heterocycles. The number of hydrogen-bond acceptors (Lipinski definition) is 4. The molecule has 0 aromatic carbocycles. The maximum atomic E-state index is 12.4. The van der Waals surface area contributed by atoms with E-state index in [4.69, 9.17) is 22.5 Å². The fraction of sp³-hybridized carbons (Fsp3) is 0.538. The first kappa shape index (κ1) is 15.1. The number of nitrogens with two attached hydrogens (primary N) is 1. The monoisotopic (exact) mass is 315 g/mol. The second kappa shape index (κ2) is 5.61. The molecule has 1 aliphatic heterocycles. The first-order valence-electron chi connectivity index (χ1n) is 6.40. The van der Waals surface area contributed by atoms with E-state index >= 15 is 0 Å². The molecule has 1 amide bonds. The van der Waals surface area contributed by atoms with Gasteiger partial charge in [0.15, 0.2) is 0 Å². The van der Waals surface area contributed by atoms with E-state index in [9.17, 15) is 4.79 Å². The number of amides is 1. The van der Waals surface area contributed by atoms with Crippen molar-refractivity contribution in [2.75, 3.05) is 13.1 Å². The smallest absolute Gasteiger partial charge is 0.265 e. The number of halogens is 1. The molecule has 0 unspecified atom stereocenters. The van der Waals surface area contributed by atoms with Gasteiger partial charge in [0.2, 0.25) is 0 Å². The number of piperidine rings is 1. The lowest BCUT2D eigenvalue weighted by molar-refractivity contribution is 0.0671. The Hall–Kier alpha value is -1.27. The second-order valence-electron chi connectivity index (χ2n) is 5.40. The number of carbonyl (C=O) groups is 1. The molecule has 1 aliphatic rings. The minimum atomic E-state index is -0.347. The van der Waals surface area contributed by atoms with E-state index in [1.165, 1.54) is 11.3 Å². The predicted octanol–water partition coefficient (Wildman–Crippen LogP) is 2.70. The van der Waals surface area contributed by atoms with Gasteiger partial charge in [0.25, 0.3) is 5.91 Å². The van der Waals surface area contributed by atoms with Gasteiger partial charge in [-0.1, -0.05) is 23.7 Å². The topological polar surface area (TPSA) is 78.9 Å². The summed E-state index contributed by atoms with van der Waals surface area (Å²) in [6.45, 7) is 5.01. The fourth-order valence-electron chi connectivity index (χ4n) is 2.30. The van der Waals surface area contributed by atoms with E-state index in [1.807, 2.05) is 19.2 Å². The lowest BCUT2D eigenvalue weighted by atomic mass is 9.79. The van der Waals surface area contributed by atoms with E-state index in [0.29, 0.717) is 35.8 Å². The zero-order valence-corrected chi connectivity index (χ0v) is 13.1. The number of aryl methyl sites for hydroxylation is 1. The summed E-state index contributed by atoms with van der Waals surface area (Å²) in [5.41, 5.74) is 6.30. The molecule has 0 atom stereocenters. The molecule has 0 aliphatic carbocycles. The third kappa shape index (κ3) is 2.62. The van der Waals surface area contributed by atoms with Crippen molar-refractivity contribution in [3.05, 3.63) is 20.8 Å². The van der Waals surface area contributed by atoms with Gasteiger partial charge in [-0.05, 0) is 30.7 Å². The molecule has 0 spiro atoms. The summed E-state index contributed by atoms with van der Waals surface area (Å²) in [7, 11) is 0. The lowest BCUT2D eigenvalue weighted by Crippen LogP contribution is -2.47. The van der Waals surface area contributed by atoms with Crippen molar-refractivity contribution in [1.82, 2.24) is 4.90 Å². The van der Waals surface area contributed by atoms with E-state index in [0.717, 1.165) is 5.56 Å². The summed E-state index contributed by atoms with van der Waals surface area (Å²) in [5, 5.41) is 14.3. The molecular weight excluding hydrogens is 298 g/mol. The zero-order valence-electron chi connectivity index (χ0n) is 11.5. The number of thiophene rings is 1. The molecule has 0 bridgehead atoms. The van der Waals surface area contributed by atoms with E-state index in [-0.39, 0.29) is 17.2 Å². The van der Waals surface area contributed by atoms with Crippen LogP contribution in [0.25, 0.3) is 0 Å². The van der Waals surface area contributed by atoms with Crippen molar-refractivity contribution in [2.45, 2.75) is 26.7 Å². The van der Waals surface area contributed by atoms with Crippen LogP contribution in [0.15, 0.2) is 10.5 Å². The van der Waals surface area contributed by atoms with Crippen LogP contribution in [0.2, 0.25) is 5.02 Å². The van der Waals surface area contributed by atoms with Crippen LogP contribution >= 0.6 is 22.9 Å². The highest BCUT2D eigenvalue weighted by Crippen LogP contribution is 2.34. The zero-order chi connectivity index (χ0) is 14.9. The molecule has 1 aromatic rings. The van der Waals surface area contributed by atoms with Crippen LogP contribution in [0.1, 0.15) is 35.0 Å². The summed E-state index contributed by atoms with van der Waals surface area (Å²) in [6, 6.07) is 0. The summed E-state index contributed by atoms with van der Waals surface area (Å²) in [5.74, 6) is 0.198. The predicted molar refractivity (Wildman–Crippen MR) is 80.7 cm³/mol. The quantitative estimate of drug-likeness (QED) is 0.381. The summed E-state index contributed by atoms with van der Waals surface area (Å²) < 4.78 is 0. The van der Waals surface area contributed by atoms with E-state index < -0.39 is 0 Å². The lowest BCUT2D eigenvalue weighted by Gasteiger charge is -2.38. The molecule has 110 valence electrons. The third-order valence-electron chi connectivity index (χ3n) is 3.97. The number of rotatable bonds is 2. The molecule has 0 saturated carbocycles. The minimum absolute atomic E-state index is 0.0327. The minimum Gasteiger partial charge on any atom is -0.409 e.